The van der Waals surface area contributed by atoms with E-state index in [1.54, 1.807) is 0 Å². The molecule has 0 aromatic carbocycles. The molecule has 2 saturated heterocycles. The molecular weight excluding hydrogens is 250 g/mol. The van der Waals surface area contributed by atoms with E-state index in [9.17, 15) is 4.79 Å². The Balaban J connectivity index is 2.07. The van der Waals surface area contributed by atoms with Crippen molar-refractivity contribution in [3.63, 3.8) is 0 Å². The van der Waals surface area contributed by atoms with Crippen LogP contribution in [0.3, 0.4) is 0 Å². The van der Waals surface area contributed by atoms with Crippen LogP contribution in [0, 0.1) is 11.3 Å². The maximum Gasteiger partial charge on any atom is 0.230 e. The number of likely N-dealkylation sites (tertiary alicyclic amines) is 2. The van der Waals surface area contributed by atoms with Gasteiger partial charge in [0.05, 0.1) is 5.41 Å². The smallest absolute Gasteiger partial charge is 0.230 e. The number of fused-ring (bicyclic) bond motifs is 1. The van der Waals surface area contributed by atoms with E-state index in [0.29, 0.717) is 12.0 Å². The van der Waals surface area contributed by atoms with Crippen molar-refractivity contribution in [2.24, 2.45) is 17.1 Å². The number of rotatable bonds is 2. The lowest BCUT2D eigenvalue weighted by molar-refractivity contribution is -0.147. The van der Waals surface area contributed by atoms with Gasteiger partial charge in [0.15, 0.2) is 0 Å². The summed E-state index contributed by atoms with van der Waals surface area (Å²) in [5, 5.41) is 0. The molecule has 2 aliphatic rings. The van der Waals surface area contributed by atoms with Crippen LogP contribution in [0.4, 0.5) is 0 Å². The molecule has 0 aliphatic carbocycles. The number of carbonyl (C=O) groups excluding carboxylic acids is 1. The van der Waals surface area contributed by atoms with Crippen molar-refractivity contribution in [1.29, 1.82) is 0 Å². The quantitative estimate of drug-likeness (QED) is 0.838. The largest absolute Gasteiger partial charge is 0.342 e. The molecule has 0 saturated carbocycles. The summed E-state index contributed by atoms with van der Waals surface area (Å²) in [5.41, 5.74) is 5.21. The molecule has 2 fully saturated rings. The average Bonchev–Trinajstić information content (AvgIpc) is 2.36. The molecule has 0 aromatic rings. The minimum Gasteiger partial charge on any atom is -0.342 e. The van der Waals surface area contributed by atoms with Crippen molar-refractivity contribution in [2.45, 2.75) is 58.5 Å². The van der Waals surface area contributed by atoms with Crippen LogP contribution < -0.4 is 5.73 Å². The lowest BCUT2D eigenvalue weighted by atomic mass is 9.73. The van der Waals surface area contributed by atoms with Gasteiger partial charge in [0.2, 0.25) is 5.91 Å². The minimum atomic E-state index is -0.513. The molecule has 2 aliphatic heterocycles. The zero-order valence-corrected chi connectivity index (χ0v) is 13.8. The van der Waals surface area contributed by atoms with Gasteiger partial charge in [0, 0.05) is 24.7 Å². The summed E-state index contributed by atoms with van der Waals surface area (Å²) in [7, 11) is 2.22. The second-order valence-corrected chi connectivity index (χ2v) is 7.84. The first-order valence-electron chi connectivity index (χ1n) is 7.93. The third-order valence-electron chi connectivity index (χ3n) is 5.78. The van der Waals surface area contributed by atoms with Crippen LogP contribution in [0.5, 0.6) is 0 Å². The molecule has 1 amide bonds. The Morgan fingerprint density at radius 3 is 2.40 bits per heavy atom. The number of nitrogens with two attached hydrogens (primary N) is 1. The first-order valence-corrected chi connectivity index (χ1v) is 7.93. The minimum absolute atomic E-state index is 0.219. The van der Waals surface area contributed by atoms with Gasteiger partial charge in [0.1, 0.15) is 0 Å². The molecule has 4 nitrogen and oxygen atoms in total. The summed E-state index contributed by atoms with van der Waals surface area (Å²) in [6, 6.07) is 0.668. The van der Waals surface area contributed by atoms with Crippen LogP contribution in [0.1, 0.15) is 47.0 Å². The predicted molar refractivity (Wildman–Crippen MR) is 82.4 cm³/mol. The third kappa shape index (κ3) is 2.73. The van der Waals surface area contributed by atoms with E-state index >= 15 is 0 Å². The highest BCUT2D eigenvalue weighted by molar-refractivity contribution is 5.83. The van der Waals surface area contributed by atoms with Gasteiger partial charge >= 0.3 is 0 Å². The van der Waals surface area contributed by atoms with Gasteiger partial charge in [-0.15, -0.1) is 0 Å². The van der Waals surface area contributed by atoms with Crippen LogP contribution in [-0.2, 0) is 4.79 Å². The lowest BCUT2D eigenvalue weighted by Crippen LogP contribution is -2.60. The van der Waals surface area contributed by atoms with E-state index in [0.717, 1.165) is 19.5 Å². The van der Waals surface area contributed by atoms with Gasteiger partial charge in [-0.1, -0.05) is 0 Å². The van der Waals surface area contributed by atoms with E-state index in [4.69, 9.17) is 5.73 Å². The molecule has 116 valence electrons. The summed E-state index contributed by atoms with van der Waals surface area (Å²) in [6.07, 6.45) is 3.62. The standard InChI is InChI=1S/C16H31N3O/c1-15(2,16(3,4)17)14(20)19-10-8-13-12(11-19)7-6-9-18(13)5/h12-13H,6-11,17H2,1-5H3. The SMILES string of the molecule is CN1CCCC2CN(C(=O)C(C)(C)C(C)(C)N)CCC21. The number of nitrogens with zero attached hydrogens (tertiary/aromatic N) is 2. The average molecular weight is 281 g/mol. The van der Waals surface area contributed by atoms with Crippen molar-refractivity contribution in [1.82, 2.24) is 9.80 Å². The summed E-state index contributed by atoms with van der Waals surface area (Å²) in [4.78, 5) is 17.4. The normalized spacial score (nSPS) is 29.2. The Morgan fingerprint density at radius 1 is 1.15 bits per heavy atom. The second-order valence-electron chi connectivity index (χ2n) is 7.84. The van der Waals surface area contributed by atoms with E-state index < -0.39 is 11.0 Å². The second kappa shape index (κ2) is 5.30. The van der Waals surface area contributed by atoms with Crippen molar-refractivity contribution >= 4 is 5.91 Å². The maximum atomic E-state index is 12.9. The summed E-state index contributed by atoms with van der Waals surface area (Å²) in [5.74, 6) is 0.861. The summed E-state index contributed by atoms with van der Waals surface area (Å²) >= 11 is 0. The molecule has 2 atom stereocenters. The number of hydrogen-bond donors (Lipinski definition) is 1. The van der Waals surface area contributed by atoms with Crippen molar-refractivity contribution in [2.75, 3.05) is 26.7 Å². The molecule has 20 heavy (non-hydrogen) atoms. The Morgan fingerprint density at radius 2 is 1.80 bits per heavy atom. The fraction of sp³-hybridized carbons (Fsp3) is 0.938. The molecule has 4 heteroatoms. The van der Waals surface area contributed by atoms with Gasteiger partial charge in [-0.05, 0) is 66.5 Å². The first kappa shape index (κ1) is 15.8. The zero-order valence-electron chi connectivity index (χ0n) is 13.8. The number of carbonyl (C=O) groups is 1. The molecule has 0 aromatic heterocycles. The first-order chi connectivity index (χ1) is 9.14. The molecule has 2 heterocycles. The van der Waals surface area contributed by atoms with Gasteiger partial charge in [0.25, 0.3) is 0 Å². The monoisotopic (exact) mass is 281 g/mol. The van der Waals surface area contributed by atoms with Crippen LogP contribution in [0.15, 0.2) is 0 Å². The maximum absolute atomic E-state index is 12.9. The predicted octanol–water partition coefficient (Wildman–Crippen LogP) is 1.69. The van der Waals surface area contributed by atoms with Crippen molar-refractivity contribution in [3.8, 4) is 0 Å². The third-order valence-corrected chi connectivity index (χ3v) is 5.78. The van der Waals surface area contributed by atoms with Gasteiger partial charge < -0.3 is 15.5 Å². The highest BCUT2D eigenvalue weighted by atomic mass is 16.2. The van der Waals surface area contributed by atoms with Crippen molar-refractivity contribution < 1.29 is 4.79 Å². The fourth-order valence-electron chi connectivity index (χ4n) is 3.51. The molecule has 0 radical (unpaired) electrons. The fourth-order valence-corrected chi connectivity index (χ4v) is 3.51. The zero-order chi connectivity index (χ0) is 15.1. The highest BCUT2D eigenvalue weighted by Crippen LogP contribution is 2.35. The molecule has 2 N–H and O–H groups in total. The van der Waals surface area contributed by atoms with Gasteiger partial charge in [-0.3, -0.25) is 4.79 Å². The van der Waals surface area contributed by atoms with Crippen LogP contribution >= 0.6 is 0 Å². The topological polar surface area (TPSA) is 49.6 Å². The summed E-state index contributed by atoms with van der Waals surface area (Å²) in [6.45, 7) is 10.9. The summed E-state index contributed by atoms with van der Waals surface area (Å²) < 4.78 is 0. The Labute approximate surface area is 123 Å². The van der Waals surface area contributed by atoms with E-state index in [1.807, 2.05) is 27.7 Å². The lowest BCUT2D eigenvalue weighted by Gasteiger charge is -2.48. The van der Waals surface area contributed by atoms with E-state index in [2.05, 4.69) is 16.8 Å². The van der Waals surface area contributed by atoms with E-state index in [1.165, 1.54) is 19.4 Å². The Bertz CT molecular complexity index is 372. The van der Waals surface area contributed by atoms with Crippen LogP contribution in [-0.4, -0.2) is 54.0 Å². The molecular formula is C16H31N3O. The molecule has 2 rings (SSSR count). The molecule has 0 bridgehead atoms. The van der Waals surface area contributed by atoms with Crippen molar-refractivity contribution in [3.05, 3.63) is 0 Å². The number of piperidine rings is 2. The Kier molecular flexibility index (Phi) is 4.18. The van der Waals surface area contributed by atoms with E-state index in [-0.39, 0.29) is 5.91 Å². The highest BCUT2D eigenvalue weighted by Gasteiger charge is 2.45. The number of hydrogen-bond acceptors (Lipinski definition) is 3. The Hall–Kier alpha value is -0.610. The van der Waals surface area contributed by atoms with Gasteiger partial charge in [-0.25, -0.2) is 0 Å². The molecule has 2 unspecified atom stereocenters. The number of amides is 1. The van der Waals surface area contributed by atoms with Crippen LogP contribution in [0.25, 0.3) is 0 Å². The van der Waals surface area contributed by atoms with Crippen LogP contribution in [0.2, 0.25) is 0 Å². The molecule has 0 spiro atoms. The van der Waals surface area contributed by atoms with Gasteiger partial charge in [-0.2, -0.15) is 0 Å².